The van der Waals surface area contributed by atoms with E-state index in [2.05, 4.69) is 38.2 Å². The molecule has 0 aliphatic heterocycles. The molecule has 246 valence electrons. The van der Waals surface area contributed by atoms with Crippen molar-refractivity contribution in [2.24, 2.45) is 0 Å². The van der Waals surface area contributed by atoms with Crippen LogP contribution in [0.25, 0.3) is 0 Å². The average Bonchev–Trinajstić information content (AvgIpc) is 2.99. The van der Waals surface area contributed by atoms with Gasteiger partial charge in [-0.15, -0.1) is 0 Å². The Hall–Kier alpha value is -1.58. The van der Waals surface area contributed by atoms with Crippen molar-refractivity contribution >= 4 is 11.9 Å². The van der Waals surface area contributed by atoms with Crippen molar-refractivity contribution in [3.05, 3.63) is 24.3 Å². The number of unbranched alkanes of at least 4 members (excludes halogenated alkanes) is 22. The molecule has 4 nitrogen and oxygen atoms in total. The van der Waals surface area contributed by atoms with Crippen LogP contribution in [0.15, 0.2) is 24.3 Å². The van der Waals surface area contributed by atoms with Crippen LogP contribution in [0.3, 0.4) is 0 Å². The Balaban J connectivity index is 3.34. The summed E-state index contributed by atoms with van der Waals surface area (Å²) in [5.41, 5.74) is 0. The second kappa shape index (κ2) is 35.6. The molecule has 0 amide bonds. The molecule has 0 atom stereocenters. The highest BCUT2D eigenvalue weighted by molar-refractivity contribution is 5.70. The normalized spacial score (nSPS) is 11.6. The Morgan fingerprint density at radius 2 is 0.643 bits per heavy atom. The molecular weight excluding hydrogens is 520 g/mol. The Bertz CT molecular complexity index is 571. The smallest absolute Gasteiger partial charge is 0.305 e. The highest BCUT2D eigenvalue weighted by Gasteiger charge is 2.05. The molecular formula is C38H70O4. The van der Waals surface area contributed by atoms with Crippen molar-refractivity contribution in [1.82, 2.24) is 0 Å². The summed E-state index contributed by atoms with van der Waals surface area (Å²) in [7, 11) is 0. The standard InChI is InChI=1S/C38H70O4/c1-3-5-7-9-11-13-15-17-19-21-23-25-27-29-31-33-37(39)41-35-36-42-38(40)34-32-30-28-26-24-22-20-18-16-14-12-10-8-6-4-2/h17-20H,3-16,21-36H2,1-2H3/b19-17-,20-18-. The summed E-state index contributed by atoms with van der Waals surface area (Å²) in [5, 5.41) is 0. The van der Waals surface area contributed by atoms with Crippen LogP contribution in [0.2, 0.25) is 0 Å². The molecule has 0 bridgehead atoms. The zero-order valence-corrected chi connectivity index (χ0v) is 28.2. The van der Waals surface area contributed by atoms with Crippen LogP contribution in [0.1, 0.15) is 194 Å². The minimum atomic E-state index is -0.180. The molecule has 0 spiro atoms. The van der Waals surface area contributed by atoms with Gasteiger partial charge in [0.2, 0.25) is 0 Å². The zero-order chi connectivity index (χ0) is 30.6. The van der Waals surface area contributed by atoms with Gasteiger partial charge in [-0.05, 0) is 64.2 Å². The highest BCUT2D eigenvalue weighted by Crippen LogP contribution is 2.12. The number of hydrogen-bond acceptors (Lipinski definition) is 4. The van der Waals surface area contributed by atoms with E-state index in [1.54, 1.807) is 0 Å². The SMILES string of the molecule is CCCCCCCC/C=C\CCCCCCCC(=O)OCCOC(=O)CCCCCCC/C=C\CCCCCCCC. The average molecular weight is 591 g/mol. The van der Waals surface area contributed by atoms with E-state index in [0.717, 1.165) is 25.7 Å². The van der Waals surface area contributed by atoms with Gasteiger partial charge in [0.25, 0.3) is 0 Å². The van der Waals surface area contributed by atoms with Gasteiger partial charge in [-0.1, -0.05) is 141 Å². The number of carbonyl (C=O) groups is 2. The van der Waals surface area contributed by atoms with Gasteiger partial charge in [-0.3, -0.25) is 9.59 Å². The van der Waals surface area contributed by atoms with Gasteiger partial charge in [-0.2, -0.15) is 0 Å². The van der Waals surface area contributed by atoms with Crippen molar-refractivity contribution in [3.63, 3.8) is 0 Å². The third kappa shape index (κ3) is 34.6. The molecule has 0 aromatic rings. The van der Waals surface area contributed by atoms with Crippen LogP contribution in [-0.4, -0.2) is 25.2 Å². The first-order valence-electron chi connectivity index (χ1n) is 18.3. The fourth-order valence-corrected chi connectivity index (χ4v) is 5.14. The molecule has 0 heterocycles. The van der Waals surface area contributed by atoms with E-state index in [1.807, 2.05) is 0 Å². The van der Waals surface area contributed by atoms with Crippen molar-refractivity contribution in [2.75, 3.05) is 13.2 Å². The Labute approximate surface area is 261 Å². The van der Waals surface area contributed by atoms with Crippen molar-refractivity contribution in [2.45, 2.75) is 194 Å². The zero-order valence-electron chi connectivity index (χ0n) is 28.2. The quantitative estimate of drug-likeness (QED) is 0.0433. The van der Waals surface area contributed by atoms with Crippen LogP contribution in [0.4, 0.5) is 0 Å². The largest absolute Gasteiger partial charge is 0.462 e. The number of rotatable bonds is 33. The topological polar surface area (TPSA) is 52.6 Å². The predicted molar refractivity (Wildman–Crippen MR) is 181 cm³/mol. The maximum Gasteiger partial charge on any atom is 0.305 e. The van der Waals surface area contributed by atoms with Gasteiger partial charge >= 0.3 is 11.9 Å². The van der Waals surface area contributed by atoms with E-state index >= 15 is 0 Å². The van der Waals surface area contributed by atoms with Gasteiger partial charge in [0.1, 0.15) is 13.2 Å². The lowest BCUT2D eigenvalue weighted by Crippen LogP contribution is -2.13. The maximum absolute atomic E-state index is 11.9. The first-order valence-corrected chi connectivity index (χ1v) is 18.3. The number of ether oxygens (including phenoxy) is 2. The van der Waals surface area contributed by atoms with Gasteiger partial charge in [0.05, 0.1) is 0 Å². The fraction of sp³-hybridized carbons (Fsp3) is 0.842. The molecule has 0 radical (unpaired) electrons. The van der Waals surface area contributed by atoms with Crippen LogP contribution >= 0.6 is 0 Å². The van der Waals surface area contributed by atoms with E-state index < -0.39 is 0 Å². The summed E-state index contributed by atoms with van der Waals surface area (Å²) in [5.74, 6) is -0.359. The number of carbonyl (C=O) groups excluding carboxylic acids is 2. The van der Waals surface area contributed by atoms with E-state index in [1.165, 1.54) is 141 Å². The predicted octanol–water partition coefficient (Wildman–Crippen LogP) is 12.1. The Kier molecular flexibility index (Phi) is 34.3. The van der Waals surface area contributed by atoms with Crippen molar-refractivity contribution in [1.29, 1.82) is 0 Å². The molecule has 0 rings (SSSR count). The lowest BCUT2D eigenvalue weighted by molar-refractivity contribution is -0.152. The van der Waals surface area contributed by atoms with Crippen molar-refractivity contribution < 1.29 is 19.1 Å². The Morgan fingerprint density at radius 1 is 0.381 bits per heavy atom. The molecule has 0 saturated carbocycles. The van der Waals surface area contributed by atoms with Gasteiger partial charge in [0, 0.05) is 12.8 Å². The van der Waals surface area contributed by atoms with E-state index in [-0.39, 0.29) is 25.2 Å². The fourth-order valence-electron chi connectivity index (χ4n) is 5.14. The summed E-state index contributed by atoms with van der Waals surface area (Å²) >= 11 is 0. The summed E-state index contributed by atoms with van der Waals surface area (Å²) in [4.78, 5) is 23.7. The third-order valence-corrected chi connectivity index (χ3v) is 7.89. The number of hydrogen-bond donors (Lipinski definition) is 0. The summed E-state index contributed by atoms with van der Waals surface area (Å²) in [6, 6.07) is 0. The Morgan fingerprint density at radius 3 is 0.952 bits per heavy atom. The lowest BCUT2D eigenvalue weighted by atomic mass is 10.1. The molecule has 0 unspecified atom stereocenters. The highest BCUT2D eigenvalue weighted by atomic mass is 16.6. The summed E-state index contributed by atoms with van der Waals surface area (Å²) in [6.07, 6.45) is 42.7. The first kappa shape index (κ1) is 40.4. The molecule has 0 N–H and O–H groups in total. The lowest BCUT2D eigenvalue weighted by Gasteiger charge is -2.07. The van der Waals surface area contributed by atoms with E-state index in [4.69, 9.17) is 9.47 Å². The second-order valence-corrected chi connectivity index (χ2v) is 12.1. The van der Waals surface area contributed by atoms with Gasteiger partial charge < -0.3 is 9.47 Å². The third-order valence-electron chi connectivity index (χ3n) is 7.89. The second-order valence-electron chi connectivity index (χ2n) is 12.1. The molecule has 42 heavy (non-hydrogen) atoms. The van der Waals surface area contributed by atoms with Crippen LogP contribution < -0.4 is 0 Å². The molecule has 0 aromatic carbocycles. The summed E-state index contributed by atoms with van der Waals surface area (Å²) in [6.45, 7) is 4.87. The van der Waals surface area contributed by atoms with Crippen LogP contribution in [-0.2, 0) is 19.1 Å². The van der Waals surface area contributed by atoms with Gasteiger partial charge in [0.15, 0.2) is 0 Å². The van der Waals surface area contributed by atoms with Crippen LogP contribution in [0.5, 0.6) is 0 Å². The van der Waals surface area contributed by atoms with Crippen LogP contribution in [0, 0.1) is 0 Å². The minimum Gasteiger partial charge on any atom is -0.462 e. The molecule has 0 aliphatic carbocycles. The molecule has 0 aromatic heterocycles. The van der Waals surface area contributed by atoms with E-state index in [9.17, 15) is 9.59 Å². The molecule has 0 saturated heterocycles. The number of allylic oxidation sites excluding steroid dienone is 4. The molecule has 0 aliphatic rings. The summed E-state index contributed by atoms with van der Waals surface area (Å²) < 4.78 is 10.4. The molecule has 0 fully saturated rings. The van der Waals surface area contributed by atoms with E-state index in [0.29, 0.717) is 12.8 Å². The maximum atomic E-state index is 11.9. The monoisotopic (exact) mass is 591 g/mol. The van der Waals surface area contributed by atoms with Crippen molar-refractivity contribution in [3.8, 4) is 0 Å². The number of esters is 2. The minimum absolute atomic E-state index is 0.169. The molecule has 4 heteroatoms. The van der Waals surface area contributed by atoms with Gasteiger partial charge in [-0.25, -0.2) is 0 Å². The first-order chi connectivity index (χ1) is 20.7.